The number of para-hydroxylation sites is 1. The standard InChI is InChI=1S/C18H15NO/c1-13-6-7-14(12-20)10-16(13)11-15-8-9-19-18-5-3-2-4-17(15)18/h2-10,12H,11H2,1H3. The van der Waals surface area contributed by atoms with Crippen LogP contribution in [0, 0.1) is 6.92 Å². The summed E-state index contributed by atoms with van der Waals surface area (Å²) in [6.07, 6.45) is 3.56. The average Bonchev–Trinajstić information content (AvgIpc) is 2.50. The van der Waals surface area contributed by atoms with Gasteiger partial charge < -0.3 is 0 Å². The van der Waals surface area contributed by atoms with E-state index in [4.69, 9.17) is 0 Å². The molecule has 0 atom stereocenters. The van der Waals surface area contributed by atoms with Crippen LogP contribution in [0.4, 0.5) is 0 Å². The highest BCUT2D eigenvalue weighted by Gasteiger charge is 2.05. The van der Waals surface area contributed by atoms with Gasteiger partial charge in [-0.2, -0.15) is 0 Å². The lowest BCUT2D eigenvalue weighted by atomic mass is 9.96. The highest BCUT2D eigenvalue weighted by atomic mass is 16.1. The van der Waals surface area contributed by atoms with Crippen LogP contribution >= 0.6 is 0 Å². The van der Waals surface area contributed by atoms with Gasteiger partial charge in [0.05, 0.1) is 5.52 Å². The normalized spacial score (nSPS) is 10.7. The van der Waals surface area contributed by atoms with Crippen LogP contribution < -0.4 is 0 Å². The number of carbonyl (C=O) groups is 1. The molecule has 0 amide bonds. The summed E-state index contributed by atoms with van der Waals surface area (Å²) in [6.45, 7) is 2.08. The number of aryl methyl sites for hydroxylation is 1. The van der Waals surface area contributed by atoms with Crippen molar-refractivity contribution in [3.05, 3.63) is 77.0 Å². The van der Waals surface area contributed by atoms with Crippen LogP contribution in [0.2, 0.25) is 0 Å². The first kappa shape index (κ1) is 12.5. The molecule has 2 aromatic carbocycles. The summed E-state index contributed by atoms with van der Waals surface area (Å²) in [6, 6.07) is 16.0. The number of benzene rings is 2. The van der Waals surface area contributed by atoms with Gasteiger partial charge in [-0.15, -0.1) is 0 Å². The lowest BCUT2D eigenvalue weighted by Crippen LogP contribution is -1.95. The van der Waals surface area contributed by atoms with Crippen molar-refractivity contribution < 1.29 is 4.79 Å². The zero-order valence-corrected chi connectivity index (χ0v) is 11.3. The average molecular weight is 261 g/mol. The van der Waals surface area contributed by atoms with Crippen LogP contribution in [-0.2, 0) is 6.42 Å². The van der Waals surface area contributed by atoms with E-state index in [1.165, 1.54) is 22.1 Å². The summed E-state index contributed by atoms with van der Waals surface area (Å²) in [5.74, 6) is 0. The van der Waals surface area contributed by atoms with Crippen LogP contribution in [0.1, 0.15) is 27.0 Å². The molecule has 0 aliphatic rings. The van der Waals surface area contributed by atoms with E-state index in [2.05, 4.69) is 24.0 Å². The highest BCUT2D eigenvalue weighted by Crippen LogP contribution is 2.21. The molecule has 0 aliphatic heterocycles. The monoisotopic (exact) mass is 261 g/mol. The van der Waals surface area contributed by atoms with Gasteiger partial charge in [-0.3, -0.25) is 9.78 Å². The first-order valence-corrected chi connectivity index (χ1v) is 6.65. The van der Waals surface area contributed by atoms with Crippen LogP contribution in [0.3, 0.4) is 0 Å². The third-order valence-corrected chi connectivity index (χ3v) is 3.63. The summed E-state index contributed by atoms with van der Waals surface area (Å²) in [4.78, 5) is 15.3. The van der Waals surface area contributed by atoms with Crippen molar-refractivity contribution in [2.75, 3.05) is 0 Å². The van der Waals surface area contributed by atoms with Gasteiger partial charge in [0.1, 0.15) is 6.29 Å². The van der Waals surface area contributed by atoms with E-state index in [0.29, 0.717) is 0 Å². The lowest BCUT2D eigenvalue weighted by molar-refractivity contribution is 0.112. The Balaban J connectivity index is 2.07. The van der Waals surface area contributed by atoms with Crippen molar-refractivity contribution in [1.82, 2.24) is 4.98 Å². The number of fused-ring (bicyclic) bond motifs is 1. The van der Waals surface area contributed by atoms with Crippen LogP contribution in [-0.4, -0.2) is 11.3 Å². The van der Waals surface area contributed by atoms with Gasteiger partial charge in [0, 0.05) is 17.1 Å². The third kappa shape index (κ3) is 2.32. The number of rotatable bonds is 3. The molecular formula is C18H15NO. The zero-order valence-electron chi connectivity index (χ0n) is 11.3. The molecule has 0 radical (unpaired) electrons. The van der Waals surface area contributed by atoms with Crippen molar-refractivity contribution in [3.8, 4) is 0 Å². The fraction of sp³-hybridized carbons (Fsp3) is 0.111. The smallest absolute Gasteiger partial charge is 0.150 e. The number of hydrogen-bond donors (Lipinski definition) is 0. The molecule has 1 aromatic heterocycles. The topological polar surface area (TPSA) is 30.0 Å². The van der Waals surface area contributed by atoms with E-state index in [1.807, 2.05) is 42.6 Å². The predicted molar refractivity (Wildman–Crippen MR) is 81.1 cm³/mol. The van der Waals surface area contributed by atoms with Crippen molar-refractivity contribution in [2.24, 2.45) is 0 Å². The number of carbonyl (C=O) groups excluding carboxylic acids is 1. The summed E-state index contributed by atoms with van der Waals surface area (Å²) in [7, 11) is 0. The maximum Gasteiger partial charge on any atom is 0.150 e. The lowest BCUT2D eigenvalue weighted by Gasteiger charge is -2.09. The SMILES string of the molecule is Cc1ccc(C=O)cc1Cc1ccnc2ccccc12. The molecule has 3 aromatic rings. The van der Waals surface area contributed by atoms with Gasteiger partial charge in [-0.25, -0.2) is 0 Å². The number of nitrogens with zero attached hydrogens (tertiary/aromatic N) is 1. The molecule has 0 saturated heterocycles. The van der Waals surface area contributed by atoms with Crippen LogP contribution in [0.5, 0.6) is 0 Å². The molecule has 0 spiro atoms. The van der Waals surface area contributed by atoms with Gasteiger partial charge in [0.2, 0.25) is 0 Å². The minimum atomic E-state index is 0.726. The minimum absolute atomic E-state index is 0.726. The molecular weight excluding hydrogens is 246 g/mol. The summed E-state index contributed by atoms with van der Waals surface area (Å²) < 4.78 is 0. The van der Waals surface area contributed by atoms with Crippen molar-refractivity contribution in [1.29, 1.82) is 0 Å². The molecule has 0 bridgehead atoms. The number of aromatic nitrogens is 1. The van der Waals surface area contributed by atoms with Crippen molar-refractivity contribution in [3.63, 3.8) is 0 Å². The summed E-state index contributed by atoms with van der Waals surface area (Å²) >= 11 is 0. The van der Waals surface area contributed by atoms with E-state index in [-0.39, 0.29) is 0 Å². The maximum atomic E-state index is 10.9. The largest absolute Gasteiger partial charge is 0.298 e. The Hall–Kier alpha value is -2.48. The first-order valence-electron chi connectivity index (χ1n) is 6.65. The van der Waals surface area contributed by atoms with E-state index < -0.39 is 0 Å². The van der Waals surface area contributed by atoms with Gasteiger partial charge >= 0.3 is 0 Å². The molecule has 98 valence electrons. The number of pyridine rings is 1. The number of hydrogen-bond acceptors (Lipinski definition) is 2. The highest BCUT2D eigenvalue weighted by molar-refractivity contribution is 5.82. The fourth-order valence-electron chi connectivity index (χ4n) is 2.47. The van der Waals surface area contributed by atoms with Gasteiger partial charge in [0.15, 0.2) is 0 Å². The second kappa shape index (κ2) is 5.25. The molecule has 0 N–H and O–H groups in total. The molecule has 0 aliphatic carbocycles. The minimum Gasteiger partial charge on any atom is -0.298 e. The summed E-state index contributed by atoms with van der Waals surface area (Å²) in [5.41, 5.74) is 5.36. The van der Waals surface area contributed by atoms with Crippen LogP contribution in [0.15, 0.2) is 54.7 Å². The Bertz CT molecular complexity index is 772. The zero-order chi connectivity index (χ0) is 13.9. The summed E-state index contributed by atoms with van der Waals surface area (Å²) in [5, 5.41) is 1.17. The third-order valence-electron chi connectivity index (χ3n) is 3.63. The van der Waals surface area contributed by atoms with E-state index in [1.54, 1.807) is 0 Å². The van der Waals surface area contributed by atoms with Crippen LogP contribution in [0.25, 0.3) is 10.9 Å². The predicted octanol–water partition coefficient (Wildman–Crippen LogP) is 3.95. The van der Waals surface area contributed by atoms with Crippen molar-refractivity contribution in [2.45, 2.75) is 13.3 Å². The Morgan fingerprint density at radius 1 is 1.05 bits per heavy atom. The first-order chi connectivity index (χ1) is 9.78. The molecule has 20 heavy (non-hydrogen) atoms. The Kier molecular flexibility index (Phi) is 3.30. The molecule has 2 nitrogen and oxygen atoms in total. The van der Waals surface area contributed by atoms with Gasteiger partial charge in [0.25, 0.3) is 0 Å². The second-order valence-corrected chi connectivity index (χ2v) is 4.97. The maximum absolute atomic E-state index is 10.9. The molecule has 0 saturated carbocycles. The fourth-order valence-corrected chi connectivity index (χ4v) is 2.47. The Morgan fingerprint density at radius 3 is 2.75 bits per heavy atom. The van der Waals surface area contributed by atoms with E-state index in [0.717, 1.165) is 23.8 Å². The number of aldehydes is 1. The van der Waals surface area contributed by atoms with Crippen molar-refractivity contribution >= 4 is 17.2 Å². The molecule has 2 heteroatoms. The van der Waals surface area contributed by atoms with Gasteiger partial charge in [-0.05, 0) is 48.2 Å². The van der Waals surface area contributed by atoms with E-state index >= 15 is 0 Å². The Labute approximate surface area is 118 Å². The second-order valence-electron chi connectivity index (χ2n) is 4.97. The Morgan fingerprint density at radius 2 is 1.90 bits per heavy atom. The molecule has 0 fully saturated rings. The molecule has 1 heterocycles. The molecule has 3 rings (SSSR count). The van der Waals surface area contributed by atoms with Gasteiger partial charge in [-0.1, -0.05) is 30.3 Å². The quantitative estimate of drug-likeness (QED) is 0.668. The molecule has 0 unspecified atom stereocenters. The van der Waals surface area contributed by atoms with E-state index in [9.17, 15) is 4.79 Å².